The zero-order valence-corrected chi connectivity index (χ0v) is 14.4. The molecule has 138 valence electrons. The monoisotopic (exact) mass is 368 g/mol. The molecule has 0 spiro atoms. The number of nitrogens with zero attached hydrogens (tertiary/aromatic N) is 2. The Kier molecular flexibility index (Phi) is 6.49. The molecular formula is C19H16N2O6. The largest absolute Gasteiger partial charge is 0.490 e. The van der Waals surface area contributed by atoms with Crippen LogP contribution in [0.15, 0.2) is 42.5 Å². The number of non-ortho nitro benzene ring substituents is 1. The zero-order valence-electron chi connectivity index (χ0n) is 14.4. The van der Waals surface area contributed by atoms with Crippen LogP contribution in [-0.4, -0.2) is 29.2 Å². The summed E-state index contributed by atoms with van der Waals surface area (Å²) in [6, 6.07) is 12.6. The van der Waals surface area contributed by atoms with Crippen molar-refractivity contribution in [1.82, 2.24) is 0 Å². The highest BCUT2D eigenvalue weighted by Gasteiger charge is 2.10. The average Bonchev–Trinajstić information content (AvgIpc) is 2.65. The number of carboxylic acid groups (broad SMARTS) is 1. The van der Waals surface area contributed by atoms with E-state index in [1.165, 1.54) is 24.3 Å². The van der Waals surface area contributed by atoms with Gasteiger partial charge in [0.2, 0.25) is 0 Å². The molecule has 2 aromatic carbocycles. The van der Waals surface area contributed by atoms with Crippen molar-refractivity contribution in [1.29, 1.82) is 5.26 Å². The van der Waals surface area contributed by atoms with E-state index in [2.05, 4.69) is 6.07 Å². The molecule has 2 rings (SSSR count). The van der Waals surface area contributed by atoms with E-state index in [1.54, 1.807) is 31.2 Å². The molecule has 27 heavy (non-hydrogen) atoms. The molecule has 0 amide bonds. The van der Waals surface area contributed by atoms with Gasteiger partial charge in [0.25, 0.3) is 5.69 Å². The summed E-state index contributed by atoms with van der Waals surface area (Å²) >= 11 is 0. The summed E-state index contributed by atoms with van der Waals surface area (Å²) in [5, 5.41) is 28.9. The lowest BCUT2D eigenvalue weighted by Gasteiger charge is -2.11. The first-order valence-corrected chi connectivity index (χ1v) is 7.92. The van der Waals surface area contributed by atoms with Gasteiger partial charge in [0.1, 0.15) is 0 Å². The van der Waals surface area contributed by atoms with Crippen molar-refractivity contribution in [2.45, 2.75) is 6.92 Å². The van der Waals surface area contributed by atoms with Gasteiger partial charge in [-0.25, -0.2) is 4.79 Å². The minimum Gasteiger partial charge on any atom is -0.490 e. The summed E-state index contributed by atoms with van der Waals surface area (Å²) < 4.78 is 10.7. The third-order valence-electron chi connectivity index (χ3n) is 3.44. The minimum absolute atomic E-state index is 0.0606. The van der Waals surface area contributed by atoms with E-state index < -0.39 is 17.5 Å². The van der Waals surface area contributed by atoms with Crippen molar-refractivity contribution in [2.75, 3.05) is 13.2 Å². The van der Waals surface area contributed by atoms with E-state index in [4.69, 9.17) is 14.6 Å². The third-order valence-corrected chi connectivity index (χ3v) is 3.44. The molecule has 0 bridgehead atoms. The van der Waals surface area contributed by atoms with E-state index >= 15 is 0 Å². The molecule has 0 aliphatic heterocycles. The number of hydrogen-bond acceptors (Lipinski definition) is 6. The third kappa shape index (κ3) is 5.31. The fraction of sp³-hybridized carbons (Fsp3) is 0.158. The van der Waals surface area contributed by atoms with Crippen LogP contribution >= 0.6 is 0 Å². The first-order chi connectivity index (χ1) is 12.9. The first kappa shape index (κ1) is 19.5. The molecule has 2 aromatic rings. The van der Waals surface area contributed by atoms with E-state index in [-0.39, 0.29) is 11.4 Å². The van der Waals surface area contributed by atoms with Crippen molar-refractivity contribution in [3.05, 3.63) is 63.7 Å². The van der Waals surface area contributed by atoms with E-state index in [1.807, 2.05) is 0 Å². The summed E-state index contributed by atoms with van der Waals surface area (Å²) in [4.78, 5) is 20.9. The lowest BCUT2D eigenvalue weighted by atomic mass is 10.0. The summed E-state index contributed by atoms with van der Waals surface area (Å²) in [6.07, 6.45) is 1.60. The van der Waals surface area contributed by atoms with Gasteiger partial charge in [0, 0.05) is 12.1 Å². The van der Waals surface area contributed by atoms with Gasteiger partial charge in [-0.1, -0.05) is 6.07 Å². The van der Waals surface area contributed by atoms with Crippen molar-refractivity contribution in [3.63, 3.8) is 0 Å². The number of ether oxygens (including phenoxy) is 2. The van der Waals surface area contributed by atoms with Crippen LogP contribution in [0.25, 0.3) is 11.6 Å². The number of aliphatic carboxylic acids is 1. The van der Waals surface area contributed by atoms with Crippen LogP contribution in [0.1, 0.15) is 18.1 Å². The van der Waals surface area contributed by atoms with Crippen molar-refractivity contribution in [3.8, 4) is 17.6 Å². The normalized spacial score (nSPS) is 10.7. The van der Waals surface area contributed by atoms with Crippen LogP contribution in [0.4, 0.5) is 5.69 Å². The van der Waals surface area contributed by atoms with Crippen LogP contribution < -0.4 is 9.47 Å². The first-order valence-electron chi connectivity index (χ1n) is 7.92. The van der Waals surface area contributed by atoms with Gasteiger partial charge < -0.3 is 14.6 Å². The highest BCUT2D eigenvalue weighted by atomic mass is 16.6. The Morgan fingerprint density at radius 1 is 1.22 bits per heavy atom. The standard InChI is InChI=1S/C19H16N2O6/c1-2-26-18-10-13(3-8-17(18)27-12-19(22)23)9-15(11-20)14-4-6-16(7-5-14)21(24)25/h3-10H,2,12H2,1H3,(H,22,23)/b15-9-. The maximum absolute atomic E-state index is 10.7. The Morgan fingerprint density at radius 2 is 1.93 bits per heavy atom. The minimum atomic E-state index is -1.11. The number of allylic oxidation sites excluding steroid dienone is 1. The maximum atomic E-state index is 10.7. The molecule has 0 aliphatic rings. The molecule has 0 aromatic heterocycles. The van der Waals surface area contributed by atoms with Crippen LogP contribution in [0.5, 0.6) is 11.5 Å². The Hall–Kier alpha value is -3.86. The molecule has 0 aliphatic carbocycles. The lowest BCUT2D eigenvalue weighted by Crippen LogP contribution is -2.10. The maximum Gasteiger partial charge on any atom is 0.341 e. The topological polar surface area (TPSA) is 123 Å². The number of carboxylic acids is 1. The lowest BCUT2D eigenvalue weighted by molar-refractivity contribution is -0.384. The number of nitro benzene ring substituents is 1. The number of nitriles is 1. The smallest absolute Gasteiger partial charge is 0.341 e. The fourth-order valence-electron chi connectivity index (χ4n) is 2.25. The molecule has 0 radical (unpaired) electrons. The molecular weight excluding hydrogens is 352 g/mol. The number of nitro groups is 1. The Labute approximate surface area is 155 Å². The van der Waals surface area contributed by atoms with Gasteiger partial charge in [-0.2, -0.15) is 5.26 Å². The summed E-state index contributed by atoms with van der Waals surface area (Å²) in [7, 11) is 0. The second-order valence-corrected chi connectivity index (χ2v) is 5.30. The number of hydrogen-bond donors (Lipinski definition) is 1. The molecule has 8 nitrogen and oxygen atoms in total. The van der Waals surface area contributed by atoms with Crippen LogP contribution in [0.2, 0.25) is 0 Å². The quantitative estimate of drug-likeness (QED) is 0.327. The second kappa shape index (κ2) is 9.01. The van der Waals surface area contributed by atoms with Gasteiger partial charge in [0.15, 0.2) is 18.1 Å². The molecule has 0 unspecified atom stereocenters. The van der Waals surface area contributed by atoms with Gasteiger partial charge >= 0.3 is 5.97 Å². The second-order valence-electron chi connectivity index (χ2n) is 5.30. The number of benzene rings is 2. The van der Waals surface area contributed by atoms with Gasteiger partial charge in [-0.15, -0.1) is 0 Å². The summed E-state index contributed by atoms with van der Waals surface area (Å²) in [5.41, 5.74) is 1.42. The Morgan fingerprint density at radius 3 is 2.48 bits per heavy atom. The molecule has 0 saturated carbocycles. The van der Waals surface area contributed by atoms with E-state index in [0.29, 0.717) is 29.1 Å². The average molecular weight is 368 g/mol. The van der Waals surface area contributed by atoms with Crippen LogP contribution in [-0.2, 0) is 4.79 Å². The predicted molar refractivity (Wildman–Crippen MR) is 97.3 cm³/mol. The van der Waals surface area contributed by atoms with Gasteiger partial charge in [-0.05, 0) is 48.4 Å². The Bertz CT molecular complexity index is 913. The number of rotatable bonds is 8. The summed E-state index contributed by atoms with van der Waals surface area (Å²) in [6.45, 7) is 1.63. The molecule has 1 N–H and O–H groups in total. The van der Waals surface area contributed by atoms with Gasteiger partial charge in [0.05, 0.1) is 23.2 Å². The highest BCUT2D eigenvalue weighted by molar-refractivity contribution is 5.90. The fourth-order valence-corrected chi connectivity index (χ4v) is 2.25. The van der Waals surface area contributed by atoms with Crippen LogP contribution in [0, 0.1) is 21.4 Å². The van der Waals surface area contributed by atoms with Crippen LogP contribution in [0.3, 0.4) is 0 Å². The van der Waals surface area contributed by atoms with Crippen molar-refractivity contribution >= 4 is 23.3 Å². The number of carbonyl (C=O) groups is 1. The van der Waals surface area contributed by atoms with Crippen molar-refractivity contribution < 1.29 is 24.3 Å². The van der Waals surface area contributed by atoms with Crippen molar-refractivity contribution in [2.24, 2.45) is 0 Å². The highest BCUT2D eigenvalue weighted by Crippen LogP contribution is 2.30. The zero-order chi connectivity index (χ0) is 19.8. The molecule has 8 heteroatoms. The van der Waals surface area contributed by atoms with E-state index in [9.17, 15) is 20.2 Å². The Balaban J connectivity index is 2.34. The SMILES string of the molecule is CCOc1cc(/C=C(/C#N)c2ccc([N+](=O)[O-])cc2)ccc1OCC(=O)O. The molecule has 0 heterocycles. The summed E-state index contributed by atoms with van der Waals surface area (Å²) in [5.74, 6) is -0.468. The molecule has 0 fully saturated rings. The predicted octanol–water partition coefficient (Wildman–Crippen LogP) is 3.52. The molecule has 0 atom stereocenters. The molecule has 0 saturated heterocycles. The van der Waals surface area contributed by atoms with Gasteiger partial charge in [-0.3, -0.25) is 10.1 Å². The van der Waals surface area contributed by atoms with E-state index in [0.717, 1.165) is 0 Å².